The molecule has 0 spiro atoms. The predicted molar refractivity (Wildman–Crippen MR) is 113 cm³/mol. The van der Waals surface area contributed by atoms with E-state index in [0.717, 1.165) is 6.07 Å². The monoisotopic (exact) mass is 473 g/mol. The molecule has 0 radical (unpaired) electrons. The van der Waals surface area contributed by atoms with Crippen LogP contribution < -0.4 is 4.74 Å². The van der Waals surface area contributed by atoms with Gasteiger partial charge in [0.1, 0.15) is 5.75 Å². The van der Waals surface area contributed by atoms with Gasteiger partial charge in [0, 0.05) is 17.2 Å². The lowest BCUT2D eigenvalue weighted by Crippen LogP contribution is -2.06. The van der Waals surface area contributed by atoms with Crippen molar-refractivity contribution in [3.63, 3.8) is 0 Å². The van der Waals surface area contributed by atoms with Crippen LogP contribution in [0.25, 0.3) is 6.08 Å². The molecule has 0 atom stereocenters. The fraction of sp³-hybridized carbons (Fsp3) is 0.0435. The molecular weight excluding hydrogens is 463 g/mol. The molecule has 0 saturated heterocycles. The number of ketones is 2. The lowest BCUT2D eigenvalue weighted by Gasteiger charge is -2.11. The van der Waals surface area contributed by atoms with E-state index in [1.54, 1.807) is 24.3 Å². The first-order chi connectivity index (χ1) is 15.6. The number of carbonyl (C=O) groups excluding carboxylic acids is 2. The number of benzene rings is 3. The van der Waals surface area contributed by atoms with Gasteiger partial charge in [-0.2, -0.15) is 13.2 Å². The van der Waals surface area contributed by atoms with E-state index >= 15 is 0 Å². The number of hydrogen-bond acceptors (Lipinski definition) is 5. The van der Waals surface area contributed by atoms with Gasteiger partial charge in [0.05, 0.1) is 21.1 Å². The van der Waals surface area contributed by atoms with E-state index in [1.165, 1.54) is 24.3 Å². The Kier molecular flexibility index (Phi) is 5.51. The zero-order valence-electron chi connectivity index (χ0n) is 16.4. The minimum atomic E-state index is -4.76. The van der Waals surface area contributed by atoms with Crippen molar-refractivity contribution in [3.8, 4) is 11.5 Å². The number of alkyl halides is 3. The molecule has 3 aromatic carbocycles. The summed E-state index contributed by atoms with van der Waals surface area (Å²) in [6.07, 6.45) is -3.40. The van der Waals surface area contributed by atoms with Crippen LogP contribution in [0.3, 0.4) is 0 Å². The molecule has 0 heterocycles. The van der Waals surface area contributed by atoms with Crippen LogP contribution in [-0.4, -0.2) is 16.5 Å². The summed E-state index contributed by atoms with van der Waals surface area (Å²) in [5, 5.41) is 11.2. The average molecular weight is 474 g/mol. The Morgan fingerprint density at radius 3 is 2.06 bits per heavy atom. The van der Waals surface area contributed by atoms with Gasteiger partial charge in [0.15, 0.2) is 11.6 Å². The first kappa shape index (κ1) is 22.2. The van der Waals surface area contributed by atoms with Crippen molar-refractivity contribution in [2.24, 2.45) is 0 Å². The van der Waals surface area contributed by atoms with Crippen molar-refractivity contribution in [3.05, 3.63) is 104 Å². The van der Waals surface area contributed by atoms with Crippen molar-refractivity contribution >= 4 is 34.9 Å². The first-order valence-corrected chi connectivity index (χ1v) is 9.67. The van der Waals surface area contributed by atoms with Gasteiger partial charge in [0.25, 0.3) is 0 Å². The molecule has 0 unspecified atom stereocenters. The van der Waals surface area contributed by atoms with E-state index in [1.807, 2.05) is 0 Å². The molecule has 0 bridgehead atoms. The Morgan fingerprint density at radius 1 is 0.909 bits per heavy atom. The number of carbonyl (C=O) groups is 2. The van der Waals surface area contributed by atoms with E-state index in [4.69, 9.17) is 16.3 Å². The van der Waals surface area contributed by atoms with E-state index in [9.17, 15) is 32.9 Å². The molecule has 0 amide bonds. The van der Waals surface area contributed by atoms with Crippen LogP contribution in [0.15, 0.2) is 66.2 Å². The summed E-state index contributed by atoms with van der Waals surface area (Å²) in [5.41, 5.74) is -1.13. The topological polar surface area (TPSA) is 86.5 Å². The molecule has 0 N–H and O–H groups in total. The standard InChI is InChI=1S/C23H11ClF3NO5/c24-17-10-12(9-16-21(29)14-3-1-2-4-15(14)22(16)30)5-7-19(17)33-20-8-6-13(23(25,26)27)11-18(20)28(31)32/h1-11H. The normalized spacial score (nSPS) is 13.2. The van der Waals surface area contributed by atoms with Crippen LogP contribution in [0.5, 0.6) is 11.5 Å². The SMILES string of the molecule is O=C1C(=Cc2ccc(Oc3ccc(C(F)(F)F)cc3[N+](=O)[O-])c(Cl)c2)C(=O)c2ccccc21. The summed E-state index contributed by atoms with van der Waals surface area (Å²) < 4.78 is 44.0. The Balaban J connectivity index is 1.64. The number of rotatable bonds is 4. The van der Waals surface area contributed by atoms with Crippen LogP contribution in [0.4, 0.5) is 18.9 Å². The Hall–Kier alpha value is -3.98. The van der Waals surface area contributed by atoms with Gasteiger partial charge in [-0.15, -0.1) is 0 Å². The van der Waals surface area contributed by atoms with Gasteiger partial charge < -0.3 is 4.74 Å². The van der Waals surface area contributed by atoms with Crippen molar-refractivity contribution in [1.29, 1.82) is 0 Å². The fourth-order valence-corrected chi connectivity index (χ4v) is 3.53. The predicted octanol–water partition coefficient (Wildman–Crippen LogP) is 6.52. The second-order valence-corrected chi connectivity index (χ2v) is 7.40. The molecule has 10 heteroatoms. The van der Waals surface area contributed by atoms with Gasteiger partial charge >= 0.3 is 11.9 Å². The molecular formula is C23H11ClF3NO5. The number of allylic oxidation sites excluding steroid dienone is 1. The number of hydrogen-bond donors (Lipinski definition) is 0. The number of Topliss-reactive ketones (excluding diaryl/α,β-unsaturated/α-hetero) is 2. The number of nitrogens with zero attached hydrogens (tertiary/aromatic N) is 1. The largest absolute Gasteiger partial charge is 0.449 e. The zero-order valence-corrected chi connectivity index (χ0v) is 17.1. The van der Waals surface area contributed by atoms with Crippen molar-refractivity contribution < 1.29 is 32.4 Å². The highest BCUT2D eigenvalue weighted by Gasteiger charge is 2.34. The highest BCUT2D eigenvalue weighted by atomic mass is 35.5. The summed E-state index contributed by atoms with van der Waals surface area (Å²) in [6.45, 7) is 0. The molecule has 1 aliphatic carbocycles. The Labute approximate surface area is 189 Å². The Bertz CT molecular complexity index is 1330. The van der Waals surface area contributed by atoms with Crippen LogP contribution in [-0.2, 0) is 6.18 Å². The van der Waals surface area contributed by atoms with Crippen LogP contribution >= 0.6 is 11.6 Å². The number of ether oxygens (including phenoxy) is 1. The molecule has 33 heavy (non-hydrogen) atoms. The third-order valence-electron chi connectivity index (χ3n) is 4.88. The summed E-state index contributed by atoms with van der Waals surface area (Å²) in [7, 11) is 0. The first-order valence-electron chi connectivity index (χ1n) is 9.29. The van der Waals surface area contributed by atoms with Gasteiger partial charge in [-0.3, -0.25) is 19.7 Å². The van der Waals surface area contributed by atoms with E-state index in [-0.39, 0.29) is 16.3 Å². The van der Waals surface area contributed by atoms with E-state index in [2.05, 4.69) is 0 Å². The number of nitro benzene ring substituents is 1. The molecule has 4 rings (SSSR count). The van der Waals surface area contributed by atoms with Crippen molar-refractivity contribution in [2.45, 2.75) is 6.18 Å². The molecule has 0 aliphatic heterocycles. The van der Waals surface area contributed by atoms with Gasteiger partial charge in [-0.1, -0.05) is 41.9 Å². The Morgan fingerprint density at radius 2 is 1.52 bits per heavy atom. The molecule has 0 saturated carbocycles. The third kappa shape index (κ3) is 4.22. The van der Waals surface area contributed by atoms with Crippen LogP contribution in [0, 0.1) is 10.1 Å². The molecule has 166 valence electrons. The van der Waals surface area contributed by atoms with Gasteiger partial charge in [-0.05, 0) is 35.9 Å². The maximum atomic E-state index is 12.9. The highest BCUT2D eigenvalue weighted by Crippen LogP contribution is 2.39. The van der Waals surface area contributed by atoms with Crippen molar-refractivity contribution in [1.82, 2.24) is 0 Å². The second kappa shape index (κ2) is 8.18. The minimum absolute atomic E-state index is 0.0334. The highest BCUT2D eigenvalue weighted by molar-refractivity contribution is 6.41. The maximum Gasteiger partial charge on any atom is 0.416 e. The summed E-state index contributed by atoms with van der Waals surface area (Å²) in [6, 6.07) is 12.4. The smallest absolute Gasteiger partial charge is 0.416 e. The lowest BCUT2D eigenvalue weighted by atomic mass is 10.1. The van der Waals surface area contributed by atoms with Crippen LogP contribution in [0.2, 0.25) is 5.02 Å². The summed E-state index contributed by atoms with van der Waals surface area (Å²) >= 11 is 6.19. The number of nitro groups is 1. The summed E-state index contributed by atoms with van der Waals surface area (Å²) in [4.78, 5) is 35.3. The van der Waals surface area contributed by atoms with Crippen LogP contribution in [0.1, 0.15) is 31.8 Å². The number of halogens is 4. The average Bonchev–Trinajstić information content (AvgIpc) is 3.00. The number of fused-ring (bicyclic) bond motifs is 1. The van der Waals surface area contributed by atoms with E-state index < -0.39 is 39.7 Å². The maximum absolute atomic E-state index is 12.9. The van der Waals surface area contributed by atoms with E-state index in [0.29, 0.717) is 28.8 Å². The minimum Gasteiger partial charge on any atom is -0.449 e. The van der Waals surface area contributed by atoms with Crippen molar-refractivity contribution in [2.75, 3.05) is 0 Å². The van der Waals surface area contributed by atoms with Gasteiger partial charge in [-0.25, -0.2) is 0 Å². The van der Waals surface area contributed by atoms with Gasteiger partial charge in [0.2, 0.25) is 5.75 Å². The molecule has 0 fully saturated rings. The lowest BCUT2D eigenvalue weighted by molar-refractivity contribution is -0.385. The molecule has 0 aromatic heterocycles. The third-order valence-corrected chi connectivity index (χ3v) is 5.17. The molecule has 1 aliphatic rings. The fourth-order valence-electron chi connectivity index (χ4n) is 3.30. The summed E-state index contributed by atoms with van der Waals surface area (Å²) in [5.74, 6) is -1.34. The zero-order chi connectivity index (χ0) is 23.9. The molecule has 6 nitrogen and oxygen atoms in total. The second-order valence-electron chi connectivity index (χ2n) is 6.99. The quantitative estimate of drug-likeness (QED) is 0.186. The molecule has 3 aromatic rings.